The fourth-order valence-corrected chi connectivity index (χ4v) is 4.16. The van der Waals surface area contributed by atoms with Crippen molar-refractivity contribution in [3.63, 3.8) is 0 Å². The van der Waals surface area contributed by atoms with E-state index in [-0.39, 0.29) is 18.2 Å². The van der Waals surface area contributed by atoms with Crippen LogP contribution in [0.2, 0.25) is 0 Å². The number of carbonyl (C=O) groups excluding carboxylic acids is 1. The quantitative estimate of drug-likeness (QED) is 0.887. The summed E-state index contributed by atoms with van der Waals surface area (Å²) in [6.45, 7) is 2.07. The molecule has 2 aromatic rings. The highest BCUT2D eigenvalue weighted by Crippen LogP contribution is 2.50. The van der Waals surface area contributed by atoms with Crippen LogP contribution in [0, 0.1) is 12.8 Å². The average molecular weight is 322 g/mol. The molecule has 21 heavy (non-hydrogen) atoms. The van der Waals surface area contributed by atoms with Crippen molar-refractivity contribution >= 4 is 39.7 Å². The van der Waals surface area contributed by atoms with E-state index in [4.69, 9.17) is 5.11 Å². The van der Waals surface area contributed by atoms with Crippen molar-refractivity contribution in [2.45, 2.75) is 25.7 Å². The molecule has 0 spiro atoms. The van der Waals surface area contributed by atoms with Gasteiger partial charge in [0.2, 0.25) is 5.91 Å². The molecule has 1 saturated carbocycles. The second-order valence-corrected chi connectivity index (χ2v) is 6.93. The number of thiazole rings is 1. The molecule has 2 heterocycles. The minimum absolute atomic E-state index is 0.00849. The number of rotatable bonds is 5. The van der Waals surface area contributed by atoms with Crippen molar-refractivity contribution in [3.8, 4) is 0 Å². The first-order valence-corrected chi connectivity index (χ1v) is 8.31. The minimum Gasteiger partial charge on any atom is -0.481 e. The number of amides is 1. The molecule has 110 valence electrons. The number of anilines is 1. The third-order valence-electron chi connectivity index (χ3n) is 3.48. The van der Waals surface area contributed by atoms with Gasteiger partial charge < -0.3 is 10.4 Å². The number of hydrogen-bond donors (Lipinski definition) is 2. The fraction of sp³-hybridized carbons (Fsp3) is 0.357. The van der Waals surface area contributed by atoms with Crippen LogP contribution < -0.4 is 5.32 Å². The fourth-order valence-electron chi connectivity index (χ4n) is 2.34. The monoisotopic (exact) mass is 322 g/mol. The smallest absolute Gasteiger partial charge is 0.309 e. The summed E-state index contributed by atoms with van der Waals surface area (Å²) in [6.07, 6.45) is 0.757. The Morgan fingerprint density at radius 2 is 2.29 bits per heavy atom. The number of aliphatic carboxylic acids is 1. The lowest BCUT2D eigenvalue weighted by Crippen LogP contribution is -2.14. The summed E-state index contributed by atoms with van der Waals surface area (Å²) in [6, 6.07) is 2.08. The number of thiophene rings is 1. The summed E-state index contributed by atoms with van der Waals surface area (Å²) < 4.78 is 0. The van der Waals surface area contributed by atoms with Crippen LogP contribution in [0.4, 0.5) is 5.13 Å². The van der Waals surface area contributed by atoms with E-state index in [2.05, 4.69) is 28.7 Å². The summed E-state index contributed by atoms with van der Waals surface area (Å²) in [5.74, 6) is -0.616. The third kappa shape index (κ3) is 3.14. The van der Waals surface area contributed by atoms with E-state index in [0.29, 0.717) is 16.7 Å². The van der Waals surface area contributed by atoms with Gasteiger partial charge in [0.05, 0.1) is 12.1 Å². The van der Waals surface area contributed by atoms with Gasteiger partial charge in [0.1, 0.15) is 0 Å². The Balaban J connectivity index is 1.59. The van der Waals surface area contributed by atoms with Gasteiger partial charge in [-0.1, -0.05) is 0 Å². The van der Waals surface area contributed by atoms with E-state index in [1.807, 2.05) is 0 Å². The highest BCUT2D eigenvalue weighted by Gasteiger charge is 2.45. The lowest BCUT2D eigenvalue weighted by atomic mass is 10.2. The highest BCUT2D eigenvalue weighted by atomic mass is 32.1. The Morgan fingerprint density at radius 3 is 2.95 bits per heavy atom. The van der Waals surface area contributed by atoms with Crippen molar-refractivity contribution in [1.29, 1.82) is 0 Å². The number of hydrogen-bond acceptors (Lipinski definition) is 5. The maximum Gasteiger partial charge on any atom is 0.309 e. The summed E-state index contributed by atoms with van der Waals surface area (Å²) >= 11 is 2.96. The first kappa shape index (κ1) is 14.2. The number of nitrogens with zero attached hydrogens (tertiary/aromatic N) is 1. The van der Waals surface area contributed by atoms with E-state index < -0.39 is 5.97 Å². The van der Waals surface area contributed by atoms with Crippen molar-refractivity contribution in [2.75, 3.05) is 5.32 Å². The van der Waals surface area contributed by atoms with Gasteiger partial charge in [-0.2, -0.15) is 0 Å². The standard InChI is InChI=1S/C14H14N2O3S2/c1-7-2-3-20-12(7)9-5-10(9)13(19)16-14-15-8(6-21-14)4-11(17)18/h2-3,6,9-10H,4-5H2,1H3,(H,17,18)(H,15,16,19)/t9-,10+/m1/s1. The van der Waals surface area contributed by atoms with E-state index in [1.165, 1.54) is 21.8 Å². The molecule has 0 unspecified atom stereocenters. The second-order valence-electron chi connectivity index (χ2n) is 5.12. The maximum absolute atomic E-state index is 12.2. The minimum atomic E-state index is -0.923. The van der Waals surface area contributed by atoms with E-state index in [1.54, 1.807) is 16.7 Å². The Hall–Kier alpha value is -1.73. The second kappa shape index (κ2) is 5.57. The van der Waals surface area contributed by atoms with Gasteiger partial charge in [-0.3, -0.25) is 9.59 Å². The molecule has 2 aromatic heterocycles. The molecule has 0 radical (unpaired) electrons. The predicted molar refractivity (Wildman–Crippen MR) is 82.0 cm³/mol. The van der Waals surface area contributed by atoms with Crippen LogP contribution in [0.5, 0.6) is 0 Å². The number of carboxylic acids is 1. The molecule has 7 heteroatoms. The number of aryl methyl sites for hydroxylation is 1. The molecule has 5 nitrogen and oxygen atoms in total. The van der Waals surface area contributed by atoms with Gasteiger partial charge in [0.25, 0.3) is 0 Å². The normalized spacial score (nSPS) is 20.2. The highest BCUT2D eigenvalue weighted by molar-refractivity contribution is 7.14. The molecule has 0 aromatic carbocycles. The summed E-state index contributed by atoms with van der Waals surface area (Å²) in [7, 11) is 0. The van der Waals surface area contributed by atoms with Crippen LogP contribution in [0.15, 0.2) is 16.8 Å². The Morgan fingerprint density at radius 1 is 1.48 bits per heavy atom. The van der Waals surface area contributed by atoms with Crippen LogP contribution in [0.3, 0.4) is 0 Å². The van der Waals surface area contributed by atoms with E-state index in [0.717, 1.165) is 6.42 Å². The first-order valence-electron chi connectivity index (χ1n) is 6.55. The van der Waals surface area contributed by atoms with Gasteiger partial charge in [-0.15, -0.1) is 22.7 Å². The third-order valence-corrected chi connectivity index (χ3v) is 5.44. The van der Waals surface area contributed by atoms with Crippen LogP contribution in [0.25, 0.3) is 0 Å². The average Bonchev–Trinajstić information content (AvgIpc) is 2.91. The molecule has 2 atom stereocenters. The molecule has 1 aliphatic rings. The summed E-state index contributed by atoms with van der Waals surface area (Å²) in [5, 5.41) is 15.7. The van der Waals surface area contributed by atoms with Crippen molar-refractivity contribution in [3.05, 3.63) is 33.0 Å². The molecular formula is C14H14N2O3S2. The molecule has 0 saturated heterocycles. The Kier molecular flexibility index (Phi) is 3.77. The zero-order valence-electron chi connectivity index (χ0n) is 11.3. The number of carboxylic acid groups (broad SMARTS) is 1. The summed E-state index contributed by atoms with van der Waals surface area (Å²) in [4.78, 5) is 28.2. The van der Waals surface area contributed by atoms with Gasteiger partial charge in [-0.05, 0) is 30.4 Å². The number of aromatic nitrogens is 1. The van der Waals surface area contributed by atoms with E-state index >= 15 is 0 Å². The number of carbonyl (C=O) groups is 2. The zero-order chi connectivity index (χ0) is 15.0. The maximum atomic E-state index is 12.2. The topological polar surface area (TPSA) is 79.3 Å². The molecule has 2 N–H and O–H groups in total. The summed E-state index contributed by atoms with van der Waals surface area (Å²) in [5.41, 5.74) is 1.72. The lowest BCUT2D eigenvalue weighted by Gasteiger charge is -2.01. The van der Waals surface area contributed by atoms with Crippen molar-refractivity contribution in [2.24, 2.45) is 5.92 Å². The molecule has 1 fully saturated rings. The molecule has 1 aliphatic carbocycles. The molecule has 0 aliphatic heterocycles. The number of nitrogens with one attached hydrogen (secondary N) is 1. The van der Waals surface area contributed by atoms with Crippen LogP contribution >= 0.6 is 22.7 Å². The van der Waals surface area contributed by atoms with Gasteiger partial charge >= 0.3 is 5.97 Å². The lowest BCUT2D eigenvalue weighted by molar-refractivity contribution is -0.136. The molecule has 0 bridgehead atoms. The largest absolute Gasteiger partial charge is 0.481 e. The SMILES string of the molecule is Cc1ccsc1[C@@H]1C[C@@H]1C(=O)Nc1nc(CC(=O)O)cs1. The van der Waals surface area contributed by atoms with Gasteiger partial charge in [-0.25, -0.2) is 4.98 Å². The van der Waals surface area contributed by atoms with Crippen LogP contribution in [0.1, 0.15) is 28.5 Å². The molecule has 3 rings (SSSR count). The van der Waals surface area contributed by atoms with E-state index in [9.17, 15) is 9.59 Å². The predicted octanol–water partition coefficient (Wildman–Crippen LogP) is 2.88. The first-order chi connectivity index (χ1) is 10.0. The van der Waals surface area contributed by atoms with Crippen molar-refractivity contribution in [1.82, 2.24) is 4.98 Å². The molecular weight excluding hydrogens is 308 g/mol. The zero-order valence-corrected chi connectivity index (χ0v) is 13.0. The van der Waals surface area contributed by atoms with Crippen LogP contribution in [-0.2, 0) is 16.0 Å². The van der Waals surface area contributed by atoms with Gasteiger partial charge in [0, 0.05) is 22.1 Å². The molecule has 1 amide bonds. The Bertz CT molecular complexity index is 692. The van der Waals surface area contributed by atoms with Crippen LogP contribution in [-0.4, -0.2) is 22.0 Å². The van der Waals surface area contributed by atoms with Crippen molar-refractivity contribution < 1.29 is 14.7 Å². The van der Waals surface area contributed by atoms with Gasteiger partial charge in [0.15, 0.2) is 5.13 Å². The Labute approximate surface area is 129 Å².